The van der Waals surface area contributed by atoms with Gasteiger partial charge in [-0.3, -0.25) is 9.59 Å². The lowest BCUT2D eigenvalue weighted by Crippen LogP contribution is -2.32. The van der Waals surface area contributed by atoms with Gasteiger partial charge in [-0.15, -0.1) is 0 Å². The number of carbonyl (C=O) groups excluding carboxylic acids is 3. The van der Waals surface area contributed by atoms with Crippen molar-refractivity contribution in [2.75, 3.05) is 7.11 Å². The van der Waals surface area contributed by atoms with Crippen LogP contribution < -0.4 is 11.2 Å². The van der Waals surface area contributed by atoms with Crippen molar-refractivity contribution >= 4 is 24.0 Å². The molecule has 0 aliphatic rings. The summed E-state index contributed by atoms with van der Waals surface area (Å²) in [7, 11) is 1.26. The van der Waals surface area contributed by atoms with Gasteiger partial charge in [0.15, 0.2) is 0 Å². The molecular formula is C11H11N3O4. The van der Waals surface area contributed by atoms with Crippen LogP contribution in [0.1, 0.15) is 15.9 Å². The minimum Gasteiger partial charge on any atom is -0.465 e. The number of methoxy groups -OCH3 is 1. The summed E-state index contributed by atoms with van der Waals surface area (Å²) in [6, 6.07) is 6.49. The number of carbonyl (C=O) groups is 3. The first-order chi connectivity index (χ1) is 8.56. The Morgan fingerprint density at radius 2 is 2.00 bits per heavy atom. The molecule has 94 valence electrons. The third kappa shape index (κ3) is 3.41. The topological polar surface area (TPSA) is 111 Å². The Morgan fingerprint density at radius 1 is 1.33 bits per heavy atom. The zero-order chi connectivity index (χ0) is 13.5. The maximum atomic E-state index is 11.4. The molecule has 0 radical (unpaired) electrons. The van der Waals surface area contributed by atoms with Crippen molar-refractivity contribution < 1.29 is 19.1 Å². The molecule has 0 aliphatic heterocycles. The molecule has 2 amide bonds. The molecule has 18 heavy (non-hydrogen) atoms. The summed E-state index contributed by atoms with van der Waals surface area (Å²) < 4.78 is 4.58. The standard InChI is InChI=1S/C11H11N3O4/c1-18-11(17)8-5-3-2-4-7(8)6-13-14-10(16)9(12)15/h2-6H,1H3,(H2,12,15)(H,14,16)/b13-6-. The first-order valence-electron chi connectivity index (χ1n) is 4.86. The zero-order valence-corrected chi connectivity index (χ0v) is 9.54. The Kier molecular flexibility index (Phi) is 4.56. The second-order valence-electron chi connectivity index (χ2n) is 3.14. The molecule has 0 unspecified atom stereocenters. The number of hydrogen-bond acceptors (Lipinski definition) is 5. The minimum absolute atomic E-state index is 0.289. The molecule has 1 aromatic rings. The van der Waals surface area contributed by atoms with Crippen LogP contribution >= 0.6 is 0 Å². The summed E-state index contributed by atoms with van der Waals surface area (Å²) in [4.78, 5) is 32.6. The third-order valence-electron chi connectivity index (χ3n) is 1.96. The first-order valence-corrected chi connectivity index (χ1v) is 4.86. The molecular weight excluding hydrogens is 238 g/mol. The van der Waals surface area contributed by atoms with Gasteiger partial charge >= 0.3 is 17.8 Å². The number of rotatable bonds is 3. The van der Waals surface area contributed by atoms with Gasteiger partial charge in [0.25, 0.3) is 0 Å². The molecule has 0 saturated heterocycles. The van der Waals surface area contributed by atoms with Crippen LogP contribution in [0.15, 0.2) is 29.4 Å². The van der Waals surface area contributed by atoms with Crippen molar-refractivity contribution in [2.45, 2.75) is 0 Å². The largest absolute Gasteiger partial charge is 0.465 e. The highest BCUT2D eigenvalue weighted by molar-refractivity contribution is 6.34. The van der Waals surface area contributed by atoms with Crippen LogP contribution in [0, 0.1) is 0 Å². The number of esters is 1. The van der Waals surface area contributed by atoms with E-state index in [4.69, 9.17) is 5.73 Å². The summed E-state index contributed by atoms with van der Waals surface area (Å²) in [6.07, 6.45) is 1.22. The Hall–Kier alpha value is -2.70. The van der Waals surface area contributed by atoms with Crippen molar-refractivity contribution in [3.63, 3.8) is 0 Å². The fourth-order valence-electron chi connectivity index (χ4n) is 1.12. The van der Waals surface area contributed by atoms with E-state index in [9.17, 15) is 14.4 Å². The lowest BCUT2D eigenvalue weighted by molar-refractivity contribution is -0.137. The summed E-state index contributed by atoms with van der Waals surface area (Å²) >= 11 is 0. The molecule has 1 rings (SSSR count). The Morgan fingerprint density at radius 3 is 2.61 bits per heavy atom. The van der Waals surface area contributed by atoms with Crippen LogP contribution in [0.5, 0.6) is 0 Å². The zero-order valence-electron chi connectivity index (χ0n) is 9.54. The molecule has 7 heteroatoms. The lowest BCUT2D eigenvalue weighted by atomic mass is 10.1. The molecule has 7 nitrogen and oxygen atoms in total. The van der Waals surface area contributed by atoms with Crippen molar-refractivity contribution in [1.29, 1.82) is 0 Å². The fraction of sp³-hybridized carbons (Fsp3) is 0.0909. The van der Waals surface area contributed by atoms with E-state index < -0.39 is 17.8 Å². The predicted octanol–water partition coefficient (Wildman–Crippen LogP) is -0.591. The number of hydrazone groups is 1. The second-order valence-corrected chi connectivity index (χ2v) is 3.14. The summed E-state index contributed by atoms with van der Waals surface area (Å²) in [5, 5.41) is 3.51. The van der Waals surface area contributed by atoms with Crippen LogP contribution in [0.2, 0.25) is 0 Å². The van der Waals surface area contributed by atoms with Crippen molar-refractivity contribution in [2.24, 2.45) is 10.8 Å². The average Bonchev–Trinajstić information content (AvgIpc) is 2.38. The molecule has 0 saturated carbocycles. The van der Waals surface area contributed by atoms with Gasteiger partial charge in [-0.1, -0.05) is 18.2 Å². The van der Waals surface area contributed by atoms with Crippen molar-refractivity contribution in [3.8, 4) is 0 Å². The summed E-state index contributed by atoms with van der Waals surface area (Å²) in [5.41, 5.74) is 7.36. The van der Waals surface area contributed by atoms with Gasteiger partial charge < -0.3 is 10.5 Å². The number of nitrogens with one attached hydrogen (secondary N) is 1. The number of ether oxygens (including phenoxy) is 1. The molecule has 0 bridgehead atoms. The van der Waals surface area contributed by atoms with Crippen LogP contribution in [-0.2, 0) is 14.3 Å². The van der Waals surface area contributed by atoms with Crippen LogP contribution in [-0.4, -0.2) is 31.1 Å². The second kappa shape index (κ2) is 6.14. The predicted molar refractivity (Wildman–Crippen MR) is 62.7 cm³/mol. The van der Waals surface area contributed by atoms with E-state index in [0.717, 1.165) is 0 Å². The van der Waals surface area contributed by atoms with Gasteiger partial charge in [0.1, 0.15) is 0 Å². The van der Waals surface area contributed by atoms with Crippen molar-refractivity contribution in [3.05, 3.63) is 35.4 Å². The number of amides is 2. The van der Waals surface area contributed by atoms with E-state index in [1.807, 2.05) is 5.43 Å². The van der Waals surface area contributed by atoms with Gasteiger partial charge in [0, 0.05) is 5.56 Å². The van der Waals surface area contributed by atoms with Gasteiger partial charge in [0.2, 0.25) is 0 Å². The monoisotopic (exact) mass is 249 g/mol. The molecule has 0 heterocycles. The van der Waals surface area contributed by atoms with E-state index in [1.165, 1.54) is 13.3 Å². The fourth-order valence-corrected chi connectivity index (χ4v) is 1.12. The average molecular weight is 249 g/mol. The minimum atomic E-state index is -1.14. The Balaban J connectivity index is 2.84. The summed E-state index contributed by atoms with van der Waals surface area (Å²) in [6.45, 7) is 0. The molecule has 0 spiro atoms. The molecule has 1 aromatic carbocycles. The number of nitrogens with zero attached hydrogens (tertiary/aromatic N) is 1. The number of nitrogens with two attached hydrogens (primary N) is 1. The third-order valence-corrected chi connectivity index (χ3v) is 1.96. The SMILES string of the molecule is COC(=O)c1ccccc1/C=N\NC(=O)C(N)=O. The van der Waals surface area contributed by atoms with E-state index >= 15 is 0 Å². The van der Waals surface area contributed by atoms with Gasteiger partial charge in [-0.2, -0.15) is 5.10 Å². The number of primary amides is 1. The van der Waals surface area contributed by atoms with E-state index in [-0.39, 0.29) is 5.56 Å². The van der Waals surface area contributed by atoms with Crippen LogP contribution in [0.3, 0.4) is 0 Å². The van der Waals surface area contributed by atoms with Gasteiger partial charge in [-0.25, -0.2) is 10.2 Å². The van der Waals surface area contributed by atoms with Crippen LogP contribution in [0.4, 0.5) is 0 Å². The molecule has 0 fully saturated rings. The number of hydrogen-bond donors (Lipinski definition) is 2. The number of benzene rings is 1. The lowest BCUT2D eigenvalue weighted by Gasteiger charge is -2.02. The highest BCUT2D eigenvalue weighted by Crippen LogP contribution is 2.07. The van der Waals surface area contributed by atoms with Gasteiger partial charge in [-0.05, 0) is 6.07 Å². The highest BCUT2D eigenvalue weighted by atomic mass is 16.5. The molecule has 3 N–H and O–H groups in total. The highest BCUT2D eigenvalue weighted by Gasteiger charge is 2.09. The Bertz CT molecular complexity index is 511. The molecule has 0 aromatic heterocycles. The molecule has 0 aliphatic carbocycles. The van der Waals surface area contributed by atoms with Crippen LogP contribution in [0.25, 0.3) is 0 Å². The Labute approximate surface area is 103 Å². The maximum Gasteiger partial charge on any atom is 0.338 e. The first kappa shape index (κ1) is 13.4. The van der Waals surface area contributed by atoms with E-state index in [0.29, 0.717) is 5.56 Å². The summed E-state index contributed by atoms with van der Waals surface area (Å²) in [5.74, 6) is -2.71. The van der Waals surface area contributed by atoms with Gasteiger partial charge in [0.05, 0.1) is 18.9 Å². The quantitative estimate of drug-likeness (QED) is 0.322. The van der Waals surface area contributed by atoms with E-state index in [1.54, 1.807) is 24.3 Å². The van der Waals surface area contributed by atoms with Crippen molar-refractivity contribution in [1.82, 2.24) is 5.43 Å². The smallest absolute Gasteiger partial charge is 0.338 e. The maximum absolute atomic E-state index is 11.4. The van der Waals surface area contributed by atoms with E-state index in [2.05, 4.69) is 9.84 Å². The normalized spacial score (nSPS) is 10.1. The molecule has 0 atom stereocenters.